The molecule has 2 rings (SSSR count). The van der Waals surface area contributed by atoms with Crippen LogP contribution in [0.15, 0.2) is 22.7 Å². The second kappa shape index (κ2) is 3.76. The van der Waals surface area contributed by atoms with E-state index in [0.29, 0.717) is 17.2 Å². The average molecular weight is 244 g/mol. The van der Waals surface area contributed by atoms with Gasteiger partial charge in [0.15, 0.2) is 5.75 Å². The minimum absolute atomic E-state index is 0.134. The zero-order valence-electron chi connectivity index (χ0n) is 7.79. The summed E-state index contributed by atoms with van der Waals surface area (Å²) < 4.78 is 5.31. The molecule has 0 aliphatic carbocycles. The molecule has 0 bridgehead atoms. The van der Waals surface area contributed by atoms with E-state index in [2.05, 4.69) is 4.98 Å². The van der Waals surface area contributed by atoms with Crippen LogP contribution in [0.3, 0.4) is 0 Å². The molecule has 0 unspecified atom stereocenters. The maximum absolute atomic E-state index is 9.37. The maximum atomic E-state index is 9.37. The monoisotopic (exact) mass is 243 g/mol. The molecule has 0 amide bonds. The number of hydrogen-bond donors (Lipinski definition) is 1. The molecule has 1 aromatic carbocycles. The standard InChI is InChI=1S/C10H7Cl2NO2/c1-5-4-13-10(15-5)6-2-7(11)9(14)8(12)3-6/h2-4,14H,1H3. The predicted molar refractivity (Wildman–Crippen MR) is 58.4 cm³/mol. The number of aromatic hydroxyl groups is 1. The SMILES string of the molecule is Cc1cnc(-c2cc(Cl)c(O)c(Cl)c2)o1. The highest BCUT2D eigenvalue weighted by molar-refractivity contribution is 6.37. The van der Waals surface area contributed by atoms with Gasteiger partial charge in [-0.25, -0.2) is 4.98 Å². The number of hydrogen-bond acceptors (Lipinski definition) is 3. The quantitative estimate of drug-likeness (QED) is 0.832. The smallest absolute Gasteiger partial charge is 0.226 e. The molecule has 0 saturated carbocycles. The van der Waals surface area contributed by atoms with Crippen LogP contribution in [0.25, 0.3) is 11.5 Å². The fourth-order valence-electron chi connectivity index (χ4n) is 1.18. The van der Waals surface area contributed by atoms with Crippen molar-refractivity contribution < 1.29 is 9.52 Å². The molecule has 0 aliphatic heterocycles. The maximum Gasteiger partial charge on any atom is 0.226 e. The van der Waals surface area contributed by atoms with E-state index in [4.69, 9.17) is 27.6 Å². The van der Waals surface area contributed by atoms with Crippen molar-refractivity contribution in [2.24, 2.45) is 0 Å². The predicted octanol–water partition coefficient (Wildman–Crippen LogP) is 3.66. The third kappa shape index (κ3) is 1.94. The molecule has 1 N–H and O–H groups in total. The second-order valence-corrected chi connectivity index (χ2v) is 3.88. The summed E-state index contributed by atoms with van der Waals surface area (Å²) in [5, 5.41) is 9.72. The van der Waals surface area contributed by atoms with Gasteiger partial charge < -0.3 is 9.52 Å². The van der Waals surface area contributed by atoms with E-state index in [-0.39, 0.29) is 15.8 Å². The van der Waals surface area contributed by atoms with Gasteiger partial charge in [-0.15, -0.1) is 0 Å². The fourth-order valence-corrected chi connectivity index (χ4v) is 1.66. The molecule has 15 heavy (non-hydrogen) atoms. The molecule has 0 saturated heterocycles. The molecule has 0 atom stereocenters. The third-order valence-electron chi connectivity index (χ3n) is 1.89. The Hall–Kier alpha value is -1.19. The zero-order chi connectivity index (χ0) is 11.0. The van der Waals surface area contributed by atoms with Crippen LogP contribution in [-0.4, -0.2) is 10.1 Å². The van der Waals surface area contributed by atoms with Crippen LogP contribution in [-0.2, 0) is 0 Å². The molecule has 0 spiro atoms. The summed E-state index contributed by atoms with van der Waals surface area (Å²) in [7, 11) is 0. The molecule has 0 radical (unpaired) electrons. The Balaban J connectivity index is 2.55. The number of rotatable bonds is 1. The summed E-state index contributed by atoms with van der Waals surface area (Å²) in [6, 6.07) is 3.10. The van der Waals surface area contributed by atoms with Gasteiger partial charge in [-0.1, -0.05) is 23.2 Å². The van der Waals surface area contributed by atoms with E-state index >= 15 is 0 Å². The molecule has 2 aromatic rings. The van der Waals surface area contributed by atoms with Crippen LogP contribution in [0.1, 0.15) is 5.76 Å². The Labute approximate surface area is 96.3 Å². The van der Waals surface area contributed by atoms with Crippen LogP contribution >= 0.6 is 23.2 Å². The van der Waals surface area contributed by atoms with Crippen LogP contribution < -0.4 is 0 Å². The normalized spacial score (nSPS) is 10.6. The van der Waals surface area contributed by atoms with Crippen molar-refractivity contribution in [3.05, 3.63) is 34.1 Å². The number of phenols is 1. The van der Waals surface area contributed by atoms with Crippen molar-refractivity contribution in [3.8, 4) is 17.2 Å². The number of aromatic nitrogens is 1. The summed E-state index contributed by atoms with van der Waals surface area (Å²) in [6.07, 6.45) is 1.60. The van der Waals surface area contributed by atoms with Gasteiger partial charge in [0, 0.05) is 5.56 Å². The summed E-state index contributed by atoms with van der Waals surface area (Å²) in [6.45, 7) is 1.79. The molecule has 1 heterocycles. The lowest BCUT2D eigenvalue weighted by molar-refractivity contribution is 0.476. The first kappa shape index (κ1) is 10.3. The summed E-state index contributed by atoms with van der Waals surface area (Å²) in [4.78, 5) is 4.03. The molecular weight excluding hydrogens is 237 g/mol. The van der Waals surface area contributed by atoms with Crippen LogP contribution in [0, 0.1) is 6.92 Å². The highest BCUT2D eigenvalue weighted by Gasteiger charge is 2.11. The third-order valence-corrected chi connectivity index (χ3v) is 2.46. The van der Waals surface area contributed by atoms with E-state index in [1.807, 2.05) is 0 Å². The Kier molecular flexibility index (Phi) is 2.59. The number of nitrogens with zero attached hydrogens (tertiary/aromatic N) is 1. The minimum Gasteiger partial charge on any atom is -0.505 e. The number of benzene rings is 1. The average Bonchev–Trinajstić information content (AvgIpc) is 2.60. The van der Waals surface area contributed by atoms with Gasteiger partial charge >= 0.3 is 0 Å². The Morgan fingerprint density at radius 1 is 1.27 bits per heavy atom. The highest BCUT2D eigenvalue weighted by atomic mass is 35.5. The second-order valence-electron chi connectivity index (χ2n) is 3.06. The number of halogens is 2. The van der Waals surface area contributed by atoms with E-state index in [1.54, 1.807) is 25.3 Å². The van der Waals surface area contributed by atoms with Gasteiger partial charge in [0.05, 0.1) is 16.2 Å². The first-order valence-corrected chi connectivity index (χ1v) is 4.94. The van der Waals surface area contributed by atoms with E-state index in [1.165, 1.54) is 0 Å². The molecular formula is C10H7Cl2NO2. The largest absolute Gasteiger partial charge is 0.505 e. The van der Waals surface area contributed by atoms with Crippen LogP contribution in [0.5, 0.6) is 5.75 Å². The van der Waals surface area contributed by atoms with Crippen molar-refractivity contribution in [2.75, 3.05) is 0 Å². The Morgan fingerprint density at radius 2 is 1.87 bits per heavy atom. The molecule has 78 valence electrons. The summed E-state index contributed by atoms with van der Waals surface area (Å²) in [5.74, 6) is 0.993. The Bertz CT molecular complexity index is 485. The van der Waals surface area contributed by atoms with Crippen molar-refractivity contribution >= 4 is 23.2 Å². The van der Waals surface area contributed by atoms with E-state index < -0.39 is 0 Å². The van der Waals surface area contributed by atoms with Crippen molar-refractivity contribution in [2.45, 2.75) is 6.92 Å². The molecule has 0 fully saturated rings. The van der Waals surface area contributed by atoms with Gasteiger partial charge in [-0.2, -0.15) is 0 Å². The number of oxazole rings is 1. The lowest BCUT2D eigenvalue weighted by Crippen LogP contribution is -1.79. The first-order chi connectivity index (χ1) is 7.08. The van der Waals surface area contributed by atoms with E-state index in [0.717, 1.165) is 0 Å². The van der Waals surface area contributed by atoms with Crippen molar-refractivity contribution in [3.63, 3.8) is 0 Å². The van der Waals surface area contributed by atoms with Gasteiger partial charge in [-0.3, -0.25) is 0 Å². The van der Waals surface area contributed by atoms with E-state index in [9.17, 15) is 5.11 Å². The minimum atomic E-state index is -0.134. The topological polar surface area (TPSA) is 46.3 Å². The lowest BCUT2D eigenvalue weighted by Gasteiger charge is -2.02. The first-order valence-electron chi connectivity index (χ1n) is 4.19. The van der Waals surface area contributed by atoms with Crippen molar-refractivity contribution in [1.29, 1.82) is 0 Å². The number of aryl methyl sites for hydroxylation is 1. The zero-order valence-corrected chi connectivity index (χ0v) is 9.30. The molecule has 1 aromatic heterocycles. The van der Waals surface area contributed by atoms with Gasteiger partial charge in [-0.05, 0) is 19.1 Å². The molecule has 3 nitrogen and oxygen atoms in total. The van der Waals surface area contributed by atoms with Crippen molar-refractivity contribution in [1.82, 2.24) is 4.98 Å². The number of phenolic OH excluding ortho intramolecular Hbond substituents is 1. The van der Waals surface area contributed by atoms with Gasteiger partial charge in [0.2, 0.25) is 5.89 Å². The van der Waals surface area contributed by atoms with Gasteiger partial charge in [0.25, 0.3) is 0 Å². The van der Waals surface area contributed by atoms with Crippen LogP contribution in [0.2, 0.25) is 10.0 Å². The van der Waals surface area contributed by atoms with Gasteiger partial charge in [0.1, 0.15) is 5.76 Å². The van der Waals surface area contributed by atoms with Crippen LogP contribution in [0.4, 0.5) is 0 Å². The summed E-state index contributed by atoms with van der Waals surface area (Å²) in [5.41, 5.74) is 0.635. The molecule has 5 heteroatoms. The lowest BCUT2D eigenvalue weighted by atomic mass is 10.2. The highest BCUT2D eigenvalue weighted by Crippen LogP contribution is 2.36. The molecule has 0 aliphatic rings. The fraction of sp³-hybridized carbons (Fsp3) is 0.100. The Morgan fingerprint density at radius 3 is 2.33 bits per heavy atom. The summed E-state index contributed by atoms with van der Waals surface area (Å²) >= 11 is 11.5.